The number of carbonyl (C=O) groups excluding carboxylic acids is 4. The highest BCUT2D eigenvalue weighted by molar-refractivity contribution is 5.88. The van der Waals surface area contributed by atoms with Crippen molar-refractivity contribution in [3.8, 4) is 0 Å². The predicted octanol–water partition coefficient (Wildman–Crippen LogP) is -2.29. The first-order valence-corrected chi connectivity index (χ1v) is 4.05. The molecule has 6 N–H and O–H groups in total. The summed E-state index contributed by atoms with van der Waals surface area (Å²) >= 11 is 0. The summed E-state index contributed by atoms with van der Waals surface area (Å²) in [7, 11) is 0. The van der Waals surface area contributed by atoms with E-state index in [1.807, 2.05) is 0 Å². The minimum absolute atomic E-state index is 0.484. The van der Waals surface area contributed by atoms with Crippen LogP contribution in [0.5, 0.6) is 0 Å². The van der Waals surface area contributed by atoms with Crippen LogP contribution in [0.1, 0.15) is 19.3 Å². The molecule has 15 heavy (non-hydrogen) atoms. The van der Waals surface area contributed by atoms with Crippen molar-refractivity contribution in [2.24, 2.45) is 22.6 Å². The van der Waals surface area contributed by atoms with E-state index in [2.05, 4.69) is 0 Å². The first-order valence-electron chi connectivity index (χ1n) is 4.05. The third kappa shape index (κ3) is 4.75. The fourth-order valence-electron chi connectivity index (χ4n) is 1.30. The molecule has 3 amide bonds. The van der Waals surface area contributed by atoms with Gasteiger partial charge in [0.2, 0.25) is 24.0 Å². The highest BCUT2D eigenvalue weighted by atomic mass is 16.2. The minimum atomic E-state index is -1.62. The number of carbonyl (C=O) groups is 3. The summed E-state index contributed by atoms with van der Waals surface area (Å²) in [5.74, 6) is -2.50. The zero-order chi connectivity index (χ0) is 12.1. The van der Waals surface area contributed by atoms with Gasteiger partial charge in [0, 0.05) is 19.3 Å². The monoisotopic (exact) mass is 214 g/mol. The Morgan fingerprint density at radius 3 is 1.27 bits per heavy atom. The van der Waals surface area contributed by atoms with Crippen LogP contribution in [0.25, 0.3) is 0 Å². The summed E-state index contributed by atoms with van der Waals surface area (Å²) in [5, 5.41) is 0. The first kappa shape index (κ1) is 13.1. The Morgan fingerprint density at radius 2 is 1.13 bits per heavy atom. The second kappa shape index (κ2) is 5.08. The van der Waals surface area contributed by atoms with Crippen molar-refractivity contribution >= 4 is 24.0 Å². The van der Waals surface area contributed by atoms with E-state index in [0.717, 1.165) is 0 Å². The molecule has 0 aromatic heterocycles. The van der Waals surface area contributed by atoms with Gasteiger partial charge in [-0.15, -0.1) is 0 Å². The molecule has 0 fully saturated rings. The van der Waals surface area contributed by atoms with Crippen LogP contribution in [0.15, 0.2) is 0 Å². The molecule has 83 valence electrons. The van der Waals surface area contributed by atoms with Gasteiger partial charge in [-0.05, 0) is 0 Å². The maximum absolute atomic E-state index is 10.7. The van der Waals surface area contributed by atoms with Gasteiger partial charge in [-0.25, -0.2) is 0 Å². The summed E-state index contributed by atoms with van der Waals surface area (Å²) in [6.45, 7) is 0. The zero-order valence-electron chi connectivity index (χ0n) is 7.99. The van der Waals surface area contributed by atoms with E-state index in [4.69, 9.17) is 17.2 Å². The van der Waals surface area contributed by atoms with Gasteiger partial charge in [0.25, 0.3) is 0 Å². The third-order valence-electron chi connectivity index (χ3n) is 1.75. The van der Waals surface area contributed by atoms with E-state index >= 15 is 0 Å². The number of rotatable bonds is 7. The number of nitrogens with two attached hydrogens (primary N) is 3. The lowest BCUT2D eigenvalue weighted by Gasteiger charge is -2.22. The Hall–Kier alpha value is -1.92. The van der Waals surface area contributed by atoms with Gasteiger partial charge in [-0.3, -0.25) is 19.2 Å². The Kier molecular flexibility index (Phi) is 4.43. The molecule has 0 spiro atoms. The van der Waals surface area contributed by atoms with E-state index in [0.29, 0.717) is 0 Å². The second-order valence-corrected chi connectivity index (χ2v) is 3.31. The summed E-state index contributed by atoms with van der Waals surface area (Å²) in [6.07, 6.45) is 0.00583. The molecular weight excluding hydrogens is 202 g/mol. The maximum Gasteiger partial charge on any atom is 0.218 e. The van der Waals surface area contributed by atoms with E-state index in [-0.39, 0.29) is 0 Å². The van der Waals surface area contributed by atoms with Crippen molar-refractivity contribution in [1.29, 1.82) is 0 Å². The highest BCUT2D eigenvalue weighted by Crippen LogP contribution is 2.27. The Labute approximate surface area is 86.0 Å². The van der Waals surface area contributed by atoms with Crippen LogP contribution < -0.4 is 17.2 Å². The Morgan fingerprint density at radius 1 is 0.867 bits per heavy atom. The van der Waals surface area contributed by atoms with Gasteiger partial charge in [0.1, 0.15) is 0 Å². The molecule has 0 aliphatic carbocycles. The normalized spacial score (nSPS) is 10.7. The minimum Gasteiger partial charge on any atom is -0.370 e. The molecule has 0 saturated carbocycles. The zero-order valence-corrected chi connectivity index (χ0v) is 7.99. The lowest BCUT2D eigenvalue weighted by atomic mass is 9.79. The van der Waals surface area contributed by atoms with E-state index in [1.54, 1.807) is 0 Å². The van der Waals surface area contributed by atoms with Crippen LogP contribution in [0.4, 0.5) is 0 Å². The summed E-state index contributed by atoms with van der Waals surface area (Å²) < 4.78 is 0. The van der Waals surface area contributed by atoms with E-state index in [9.17, 15) is 19.2 Å². The van der Waals surface area contributed by atoms with Crippen molar-refractivity contribution in [2.45, 2.75) is 19.3 Å². The molecule has 7 nitrogen and oxygen atoms in total. The van der Waals surface area contributed by atoms with Gasteiger partial charge >= 0.3 is 0 Å². The number of primary amides is 3. The standard InChI is InChI=1S/C8H12N3O4/c9-5(13)1-8(4-12,2-6(10)14)3-7(11)15/h1-3H2,(H2,9,13)(H2,10,14)(H2,11,15). The number of hydrogen-bond donors (Lipinski definition) is 3. The van der Waals surface area contributed by atoms with Crippen LogP contribution in [0.2, 0.25) is 0 Å². The van der Waals surface area contributed by atoms with Crippen LogP contribution in [0.3, 0.4) is 0 Å². The second-order valence-electron chi connectivity index (χ2n) is 3.31. The molecule has 7 heteroatoms. The molecule has 0 atom stereocenters. The van der Waals surface area contributed by atoms with Crippen molar-refractivity contribution in [3.05, 3.63) is 0 Å². The van der Waals surface area contributed by atoms with Crippen molar-refractivity contribution < 1.29 is 19.2 Å². The molecule has 0 unspecified atom stereocenters. The highest BCUT2D eigenvalue weighted by Gasteiger charge is 2.36. The number of amides is 3. The van der Waals surface area contributed by atoms with Gasteiger partial charge in [0.15, 0.2) is 0 Å². The molecule has 0 bridgehead atoms. The third-order valence-corrected chi connectivity index (χ3v) is 1.75. The molecule has 0 aromatic carbocycles. The average molecular weight is 214 g/mol. The summed E-state index contributed by atoms with van der Waals surface area (Å²) in [6, 6.07) is 0. The molecule has 0 heterocycles. The smallest absolute Gasteiger partial charge is 0.218 e. The lowest BCUT2D eigenvalue weighted by molar-refractivity contribution is -0.124. The largest absolute Gasteiger partial charge is 0.370 e. The quantitative estimate of drug-likeness (QED) is 0.437. The first-order chi connectivity index (χ1) is 6.81. The topological polar surface area (TPSA) is 146 Å². The average Bonchev–Trinajstić information content (AvgIpc) is 1.99. The maximum atomic E-state index is 10.7. The van der Waals surface area contributed by atoms with Crippen molar-refractivity contribution in [1.82, 2.24) is 0 Å². The molecule has 0 aliphatic heterocycles. The lowest BCUT2D eigenvalue weighted by Crippen LogP contribution is -2.37. The van der Waals surface area contributed by atoms with Crippen LogP contribution in [-0.4, -0.2) is 24.0 Å². The van der Waals surface area contributed by atoms with Crippen LogP contribution >= 0.6 is 0 Å². The van der Waals surface area contributed by atoms with Crippen LogP contribution in [0, 0.1) is 5.41 Å². The molecular formula is C8H12N3O4. The van der Waals surface area contributed by atoms with Gasteiger partial charge in [-0.2, -0.15) is 0 Å². The fourth-order valence-corrected chi connectivity index (χ4v) is 1.30. The molecule has 0 aliphatic rings. The Balaban J connectivity index is 4.90. The fraction of sp³-hybridized carbons (Fsp3) is 0.500. The van der Waals surface area contributed by atoms with Gasteiger partial charge in [0.05, 0.1) is 5.41 Å². The van der Waals surface area contributed by atoms with Gasteiger partial charge < -0.3 is 17.2 Å². The van der Waals surface area contributed by atoms with E-state index < -0.39 is 42.4 Å². The number of hydrogen-bond acceptors (Lipinski definition) is 4. The SMILES string of the molecule is NC(=O)CC([C]=O)(CC(N)=O)CC(N)=O. The molecule has 1 radical (unpaired) electrons. The van der Waals surface area contributed by atoms with Crippen molar-refractivity contribution in [2.75, 3.05) is 0 Å². The summed E-state index contributed by atoms with van der Waals surface area (Å²) in [5.41, 5.74) is 13.0. The molecule has 0 rings (SSSR count). The van der Waals surface area contributed by atoms with Crippen LogP contribution in [-0.2, 0) is 19.2 Å². The molecule has 0 aromatic rings. The predicted molar refractivity (Wildman–Crippen MR) is 49.6 cm³/mol. The Bertz CT molecular complexity index is 259. The summed E-state index contributed by atoms with van der Waals surface area (Å²) in [4.78, 5) is 42.7. The van der Waals surface area contributed by atoms with Gasteiger partial charge in [-0.1, -0.05) is 0 Å². The van der Waals surface area contributed by atoms with E-state index in [1.165, 1.54) is 6.29 Å². The van der Waals surface area contributed by atoms with Crippen molar-refractivity contribution in [3.63, 3.8) is 0 Å². The molecule has 0 saturated heterocycles.